The summed E-state index contributed by atoms with van der Waals surface area (Å²) >= 11 is 0. The molecule has 74 heavy (non-hydrogen) atoms. The van der Waals surface area contributed by atoms with Crippen molar-refractivity contribution in [3.05, 3.63) is 170 Å². The molecule has 1 atom stereocenters. The Morgan fingerprint density at radius 2 is 0.595 bits per heavy atom. The lowest BCUT2D eigenvalue weighted by Gasteiger charge is -2.18. The fraction of sp³-hybridized carbons (Fsp3) is 0.544. The highest BCUT2D eigenvalue weighted by atomic mass is 16.6. The smallest absolute Gasteiger partial charge is 0.306 e. The zero-order valence-electron chi connectivity index (χ0n) is 47.0. The van der Waals surface area contributed by atoms with Crippen LogP contribution in [-0.2, 0) is 28.6 Å². The minimum absolute atomic E-state index is 0.123. The first-order valence-electron chi connectivity index (χ1n) is 29.3. The van der Waals surface area contributed by atoms with Gasteiger partial charge in [-0.05, 0) is 109 Å². The highest BCUT2D eigenvalue weighted by Gasteiger charge is 2.19. The molecule has 412 valence electrons. The van der Waals surface area contributed by atoms with Crippen LogP contribution < -0.4 is 0 Å². The number of allylic oxidation sites excluding steroid dienone is 28. The summed E-state index contributed by atoms with van der Waals surface area (Å²) in [6.07, 6.45) is 89.0. The Bertz CT molecular complexity index is 1740. The summed E-state index contributed by atoms with van der Waals surface area (Å²) in [4.78, 5) is 38.2. The average molecular weight is 1020 g/mol. The second-order valence-electron chi connectivity index (χ2n) is 18.6. The third-order valence-corrected chi connectivity index (χ3v) is 11.7. The summed E-state index contributed by atoms with van der Waals surface area (Å²) in [6.45, 7) is 6.28. The average Bonchev–Trinajstić information content (AvgIpc) is 3.40. The van der Waals surface area contributed by atoms with Gasteiger partial charge >= 0.3 is 17.9 Å². The second-order valence-corrected chi connectivity index (χ2v) is 18.6. The van der Waals surface area contributed by atoms with Gasteiger partial charge in [0.1, 0.15) is 13.2 Å². The molecule has 0 saturated heterocycles. The van der Waals surface area contributed by atoms with Crippen LogP contribution in [0.2, 0.25) is 0 Å². The van der Waals surface area contributed by atoms with E-state index in [2.05, 4.69) is 118 Å². The van der Waals surface area contributed by atoms with Crippen molar-refractivity contribution in [3.8, 4) is 0 Å². The van der Waals surface area contributed by atoms with E-state index in [-0.39, 0.29) is 44.0 Å². The molecule has 0 aromatic heterocycles. The van der Waals surface area contributed by atoms with Crippen molar-refractivity contribution >= 4 is 17.9 Å². The molecule has 0 aliphatic rings. The first kappa shape index (κ1) is 68.8. The number of unbranched alkanes of at least 4 members (excludes halogenated alkanes) is 18. The SMILES string of the molecule is CC\C=C/C=C\C=C/C=C\C=C\C=C/C=C\CCCCCC(=O)OCC(COC(=O)CCCCCCC/C=C\C=C/CCCCCCCCC)OC(=O)CCCCC/C=C\C/C=C\C/C=C\C/C=C\C/C=C\CC. The quantitative estimate of drug-likeness (QED) is 0.0199. The van der Waals surface area contributed by atoms with E-state index in [1.165, 1.54) is 51.4 Å². The van der Waals surface area contributed by atoms with Gasteiger partial charge in [-0.2, -0.15) is 0 Å². The molecule has 6 nitrogen and oxygen atoms in total. The Hall–Kier alpha value is -5.23. The molecular weight excluding hydrogens is 913 g/mol. The highest BCUT2D eigenvalue weighted by Crippen LogP contribution is 2.13. The third kappa shape index (κ3) is 57.7. The maximum Gasteiger partial charge on any atom is 0.306 e. The van der Waals surface area contributed by atoms with Crippen LogP contribution in [-0.4, -0.2) is 37.2 Å². The van der Waals surface area contributed by atoms with Gasteiger partial charge in [0.15, 0.2) is 6.10 Å². The van der Waals surface area contributed by atoms with Crippen molar-refractivity contribution < 1.29 is 28.6 Å². The summed E-state index contributed by atoms with van der Waals surface area (Å²) in [5, 5.41) is 0. The van der Waals surface area contributed by atoms with Crippen LogP contribution in [0.1, 0.15) is 220 Å². The summed E-state index contributed by atoms with van der Waals surface area (Å²) in [6, 6.07) is 0. The summed E-state index contributed by atoms with van der Waals surface area (Å²) < 4.78 is 16.8. The Morgan fingerprint density at radius 1 is 0.297 bits per heavy atom. The molecule has 0 spiro atoms. The molecule has 0 fully saturated rings. The molecule has 0 bridgehead atoms. The normalized spacial score (nSPS) is 13.4. The number of carbonyl (C=O) groups excluding carboxylic acids is 3. The van der Waals surface area contributed by atoms with Crippen LogP contribution in [0.25, 0.3) is 0 Å². The number of carbonyl (C=O) groups is 3. The van der Waals surface area contributed by atoms with Crippen molar-refractivity contribution in [1.82, 2.24) is 0 Å². The fourth-order valence-electron chi connectivity index (χ4n) is 7.32. The van der Waals surface area contributed by atoms with Gasteiger partial charge in [0.2, 0.25) is 0 Å². The lowest BCUT2D eigenvalue weighted by Crippen LogP contribution is -2.30. The molecule has 0 radical (unpaired) electrons. The number of rotatable bonds is 50. The van der Waals surface area contributed by atoms with Crippen LogP contribution in [0, 0.1) is 0 Å². The Balaban J connectivity index is 4.63. The molecule has 0 saturated carbocycles. The monoisotopic (exact) mass is 1020 g/mol. The molecular formula is C68H104O6. The standard InChI is InChI=1S/C68H104O6/c1-4-7-10-13-16-19-22-25-28-31-34-37-40-43-46-49-52-55-58-61-67(70)73-64-65(63-72-66(69)60-57-54-51-48-45-42-39-36-33-30-27-24-21-18-15-12-9-6-3)74-68(71)62-59-56-53-50-47-44-41-38-35-32-29-26-23-20-17-14-11-8-5-2/h7-8,10-11,13,16-17,19-20,22,25-26,28-31,33-40,43-44,46-47,65H,4-6,9,12,14-15,18,21,23-24,27,32,41-42,45,48-64H2,1-3H3/b10-7-,11-8-,16-13-,20-17-,22-19-,28-25-,29-26-,33-30-,34-31+,38-35-,39-36-,40-37-,46-43-,47-44-. The second kappa shape index (κ2) is 60.3. The summed E-state index contributed by atoms with van der Waals surface area (Å²) in [7, 11) is 0. The molecule has 1 unspecified atom stereocenters. The van der Waals surface area contributed by atoms with E-state index >= 15 is 0 Å². The highest BCUT2D eigenvalue weighted by molar-refractivity contribution is 5.71. The van der Waals surface area contributed by atoms with Crippen molar-refractivity contribution in [3.63, 3.8) is 0 Å². The molecule has 6 heteroatoms. The van der Waals surface area contributed by atoms with E-state index in [1.54, 1.807) is 0 Å². The van der Waals surface area contributed by atoms with Gasteiger partial charge in [0.05, 0.1) is 0 Å². The Morgan fingerprint density at radius 3 is 1.01 bits per heavy atom. The number of hydrogen-bond donors (Lipinski definition) is 0. The van der Waals surface area contributed by atoms with Crippen molar-refractivity contribution in [2.45, 2.75) is 226 Å². The molecule has 0 aromatic carbocycles. The molecule has 0 heterocycles. The zero-order valence-corrected chi connectivity index (χ0v) is 47.0. The van der Waals surface area contributed by atoms with Crippen molar-refractivity contribution in [1.29, 1.82) is 0 Å². The maximum atomic E-state index is 12.9. The fourth-order valence-corrected chi connectivity index (χ4v) is 7.32. The molecule has 0 aliphatic heterocycles. The predicted molar refractivity (Wildman–Crippen MR) is 320 cm³/mol. The van der Waals surface area contributed by atoms with Crippen molar-refractivity contribution in [2.75, 3.05) is 13.2 Å². The lowest BCUT2D eigenvalue weighted by molar-refractivity contribution is -0.167. The molecule has 0 amide bonds. The predicted octanol–water partition coefficient (Wildman–Crippen LogP) is 19.9. The van der Waals surface area contributed by atoms with E-state index in [0.717, 1.165) is 116 Å². The molecule has 0 rings (SSSR count). The van der Waals surface area contributed by atoms with Crippen LogP contribution in [0.5, 0.6) is 0 Å². The summed E-state index contributed by atoms with van der Waals surface area (Å²) in [5.41, 5.74) is 0. The molecule has 0 aromatic rings. The van der Waals surface area contributed by atoms with Gasteiger partial charge in [-0.3, -0.25) is 14.4 Å². The van der Waals surface area contributed by atoms with Gasteiger partial charge in [0, 0.05) is 19.3 Å². The van der Waals surface area contributed by atoms with Gasteiger partial charge in [-0.1, -0.05) is 262 Å². The van der Waals surface area contributed by atoms with E-state index in [1.807, 2.05) is 72.9 Å². The Labute approximate surface area is 453 Å². The first-order valence-corrected chi connectivity index (χ1v) is 29.3. The van der Waals surface area contributed by atoms with Gasteiger partial charge < -0.3 is 14.2 Å². The van der Waals surface area contributed by atoms with Crippen LogP contribution >= 0.6 is 0 Å². The lowest BCUT2D eigenvalue weighted by atomic mass is 10.1. The number of esters is 3. The number of hydrogen-bond acceptors (Lipinski definition) is 6. The van der Waals surface area contributed by atoms with Crippen LogP contribution in [0.3, 0.4) is 0 Å². The van der Waals surface area contributed by atoms with Gasteiger partial charge in [-0.15, -0.1) is 0 Å². The van der Waals surface area contributed by atoms with E-state index < -0.39 is 6.10 Å². The van der Waals surface area contributed by atoms with Crippen molar-refractivity contribution in [2.24, 2.45) is 0 Å². The third-order valence-electron chi connectivity index (χ3n) is 11.7. The first-order chi connectivity index (χ1) is 36.5. The minimum atomic E-state index is -0.832. The number of ether oxygens (including phenoxy) is 3. The summed E-state index contributed by atoms with van der Waals surface area (Å²) in [5.74, 6) is -1.03. The maximum absolute atomic E-state index is 12.9. The van der Waals surface area contributed by atoms with Crippen LogP contribution in [0.15, 0.2) is 170 Å². The van der Waals surface area contributed by atoms with Gasteiger partial charge in [0.25, 0.3) is 0 Å². The van der Waals surface area contributed by atoms with E-state index in [0.29, 0.717) is 19.3 Å². The topological polar surface area (TPSA) is 78.9 Å². The molecule has 0 aliphatic carbocycles. The van der Waals surface area contributed by atoms with Gasteiger partial charge in [-0.25, -0.2) is 0 Å². The van der Waals surface area contributed by atoms with E-state index in [4.69, 9.17) is 14.2 Å². The Kier molecular flexibility index (Phi) is 56.1. The minimum Gasteiger partial charge on any atom is -0.462 e. The molecule has 0 N–H and O–H groups in total. The van der Waals surface area contributed by atoms with E-state index in [9.17, 15) is 14.4 Å². The van der Waals surface area contributed by atoms with Crippen LogP contribution in [0.4, 0.5) is 0 Å². The largest absolute Gasteiger partial charge is 0.462 e. The zero-order chi connectivity index (χ0) is 53.6.